The molecule has 1 unspecified atom stereocenters. The highest BCUT2D eigenvalue weighted by Crippen LogP contribution is 2.11. The van der Waals surface area contributed by atoms with E-state index in [2.05, 4.69) is 10.2 Å². The Morgan fingerprint density at radius 2 is 2.20 bits per heavy atom. The van der Waals surface area contributed by atoms with Crippen LogP contribution in [0.15, 0.2) is 0 Å². The zero-order valence-electron chi connectivity index (χ0n) is 9.71. The quantitative estimate of drug-likeness (QED) is 0.759. The van der Waals surface area contributed by atoms with Crippen LogP contribution in [0, 0.1) is 0 Å². The first-order valence-corrected chi connectivity index (χ1v) is 6.48. The maximum Gasteiger partial charge on any atom is 0.0593 e. The molecule has 1 N–H and O–H groups in total. The Morgan fingerprint density at radius 3 is 3.07 bits per heavy atom. The largest absolute Gasteiger partial charge is 0.380 e. The number of ether oxygens (including phenoxy) is 1. The lowest BCUT2D eigenvalue weighted by molar-refractivity contribution is 0.141. The molecule has 2 rings (SSSR count). The Bertz CT molecular complexity index is 161. The van der Waals surface area contributed by atoms with Crippen LogP contribution in [-0.2, 0) is 4.74 Å². The van der Waals surface area contributed by atoms with E-state index < -0.39 is 0 Å². The van der Waals surface area contributed by atoms with E-state index in [0.29, 0.717) is 0 Å². The standard InChI is InChI=1S/C12H24N2O/c1-4-12(13-6-1)5-2-7-14-8-3-10-15-11-9-14/h12-13H,1-11H2. The second-order valence-electron chi connectivity index (χ2n) is 4.74. The van der Waals surface area contributed by atoms with Crippen LogP contribution in [0.1, 0.15) is 32.1 Å². The van der Waals surface area contributed by atoms with Gasteiger partial charge in [0, 0.05) is 25.7 Å². The summed E-state index contributed by atoms with van der Waals surface area (Å²) in [5.41, 5.74) is 0. The fourth-order valence-electron chi connectivity index (χ4n) is 2.59. The molecule has 3 heteroatoms. The minimum atomic E-state index is 0.813. The van der Waals surface area contributed by atoms with Gasteiger partial charge in [-0.2, -0.15) is 0 Å². The van der Waals surface area contributed by atoms with Gasteiger partial charge in [0.15, 0.2) is 0 Å². The first-order chi connectivity index (χ1) is 7.45. The Balaban J connectivity index is 1.55. The maximum absolute atomic E-state index is 5.45. The number of nitrogens with zero attached hydrogens (tertiary/aromatic N) is 1. The molecule has 0 bridgehead atoms. The van der Waals surface area contributed by atoms with E-state index in [0.717, 1.165) is 25.8 Å². The van der Waals surface area contributed by atoms with Gasteiger partial charge in [0.2, 0.25) is 0 Å². The van der Waals surface area contributed by atoms with E-state index in [-0.39, 0.29) is 0 Å². The van der Waals surface area contributed by atoms with Crippen LogP contribution in [0.4, 0.5) is 0 Å². The molecule has 3 nitrogen and oxygen atoms in total. The highest BCUT2D eigenvalue weighted by molar-refractivity contribution is 4.74. The van der Waals surface area contributed by atoms with Crippen LogP contribution in [0.25, 0.3) is 0 Å². The molecule has 2 fully saturated rings. The molecule has 0 amide bonds. The summed E-state index contributed by atoms with van der Waals surface area (Å²) in [6, 6.07) is 0.813. The van der Waals surface area contributed by atoms with Crippen molar-refractivity contribution in [2.45, 2.75) is 38.1 Å². The molecular formula is C12H24N2O. The highest BCUT2D eigenvalue weighted by Gasteiger charge is 2.14. The molecule has 0 aromatic carbocycles. The lowest BCUT2D eigenvalue weighted by Crippen LogP contribution is -2.29. The lowest BCUT2D eigenvalue weighted by atomic mass is 10.1. The number of hydrogen-bond acceptors (Lipinski definition) is 3. The van der Waals surface area contributed by atoms with Gasteiger partial charge in [-0.15, -0.1) is 0 Å². The predicted octanol–water partition coefficient (Wildman–Crippen LogP) is 1.24. The predicted molar refractivity (Wildman–Crippen MR) is 62.1 cm³/mol. The Hall–Kier alpha value is -0.120. The maximum atomic E-state index is 5.45. The summed E-state index contributed by atoms with van der Waals surface area (Å²) < 4.78 is 5.45. The SMILES string of the molecule is C1CNC(CCCN2CCCOCC2)C1. The first kappa shape index (κ1) is 11.4. The number of hydrogen-bond donors (Lipinski definition) is 1. The summed E-state index contributed by atoms with van der Waals surface area (Å²) in [6.07, 6.45) is 6.68. The van der Waals surface area contributed by atoms with Gasteiger partial charge < -0.3 is 15.0 Å². The first-order valence-electron chi connectivity index (χ1n) is 6.48. The van der Waals surface area contributed by atoms with Crippen LogP contribution in [-0.4, -0.2) is 50.3 Å². The zero-order valence-corrected chi connectivity index (χ0v) is 9.71. The fraction of sp³-hybridized carbons (Fsp3) is 1.00. The number of nitrogens with one attached hydrogen (secondary N) is 1. The minimum Gasteiger partial charge on any atom is -0.380 e. The van der Waals surface area contributed by atoms with Crippen molar-refractivity contribution in [3.05, 3.63) is 0 Å². The van der Waals surface area contributed by atoms with Gasteiger partial charge in [-0.05, 0) is 45.2 Å². The van der Waals surface area contributed by atoms with Crippen molar-refractivity contribution >= 4 is 0 Å². The Kier molecular flexibility index (Phi) is 4.90. The van der Waals surface area contributed by atoms with E-state index in [1.165, 1.54) is 51.7 Å². The molecule has 2 aliphatic rings. The van der Waals surface area contributed by atoms with Gasteiger partial charge in [-0.1, -0.05) is 0 Å². The second kappa shape index (κ2) is 6.46. The molecule has 2 saturated heterocycles. The monoisotopic (exact) mass is 212 g/mol. The third-order valence-electron chi connectivity index (χ3n) is 3.50. The lowest BCUT2D eigenvalue weighted by Gasteiger charge is -2.19. The zero-order chi connectivity index (χ0) is 10.3. The average molecular weight is 212 g/mol. The van der Waals surface area contributed by atoms with Gasteiger partial charge >= 0.3 is 0 Å². The molecule has 15 heavy (non-hydrogen) atoms. The highest BCUT2D eigenvalue weighted by atomic mass is 16.5. The van der Waals surface area contributed by atoms with E-state index >= 15 is 0 Å². The van der Waals surface area contributed by atoms with Gasteiger partial charge in [0.05, 0.1) is 6.61 Å². The molecule has 1 atom stereocenters. The van der Waals surface area contributed by atoms with Crippen molar-refractivity contribution in [2.24, 2.45) is 0 Å². The molecule has 0 aliphatic carbocycles. The van der Waals surface area contributed by atoms with Gasteiger partial charge in [0.1, 0.15) is 0 Å². The van der Waals surface area contributed by atoms with Crippen LogP contribution >= 0.6 is 0 Å². The second-order valence-corrected chi connectivity index (χ2v) is 4.74. The van der Waals surface area contributed by atoms with E-state index in [9.17, 15) is 0 Å². The van der Waals surface area contributed by atoms with E-state index in [4.69, 9.17) is 4.74 Å². The van der Waals surface area contributed by atoms with E-state index in [1.807, 2.05) is 0 Å². The van der Waals surface area contributed by atoms with Crippen molar-refractivity contribution in [1.29, 1.82) is 0 Å². The summed E-state index contributed by atoms with van der Waals surface area (Å²) in [6.45, 7) is 6.77. The molecule has 0 aromatic heterocycles. The normalized spacial score (nSPS) is 29.2. The fourth-order valence-corrected chi connectivity index (χ4v) is 2.59. The van der Waals surface area contributed by atoms with Crippen LogP contribution in [0.2, 0.25) is 0 Å². The third kappa shape index (κ3) is 4.09. The summed E-state index contributed by atoms with van der Waals surface area (Å²) >= 11 is 0. The smallest absolute Gasteiger partial charge is 0.0593 e. The summed E-state index contributed by atoms with van der Waals surface area (Å²) in [5.74, 6) is 0. The van der Waals surface area contributed by atoms with Gasteiger partial charge in [-0.25, -0.2) is 0 Å². The summed E-state index contributed by atoms with van der Waals surface area (Å²) in [7, 11) is 0. The molecule has 2 heterocycles. The number of rotatable bonds is 4. The van der Waals surface area contributed by atoms with E-state index in [1.54, 1.807) is 0 Å². The third-order valence-corrected chi connectivity index (χ3v) is 3.50. The topological polar surface area (TPSA) is 24.5 Å². The Labute approximate surface area is 93.2 Å². The van der Waals surface area contributed by atoms with Crippen molar-refractivity contribution in [1.82, 2.24) is 10.2 Å². The summed E-state index contributed by atoms with van der Waals surface area (Å²) in [4.78, 5) is 2.56. The Morgan fingerprint density at radius 1 is 1.20 bits per heavy atom. The molecule has 2 aliphatic heterocycles. The van der Waals surface area contributed by atoms with Crippen molar-refractivity contribution in [3.63, 3.8) is 0 Å². The summed E-state index contributed by atoms with van der Waals surface area (Å²) in [5, 5.41) is 3.56. The molecule has 0 radical (unpaired) electrons. The van der Waals surface area contributed by atoms with Crippen LogP contribution in [0.5, 0.6) is 0 Å². The molecule has 0 saturated carbocycles. The molecule has 88 valence electrons. The molecular weight excluding hydrogens is 188 g/mol. The van der Waals surface area contributed by atoms with Gasteiger partial charge in [-0.3, -0.25) is 0 Å². The van der Waals surface area contributed by atoms with Crippen molar-refractivity contribution in [2.75, 3.05) is 39.4 Å². The van der Waals surface area contributed by atoms with Crippen LogP contribution in [0.3, 0.4) is 0 Å². The van der Waals surface area contributed by atoms with Crippen molar-refractivity contribution < 1.29 is 4.74 Å². The van der Waals surface area contributed by atoms with Crippen molar-refractivity contribution in [3.8, 4) is 0 Å². The molecule has 0 aromatic rings. The van der Waals surface area contributed by atoms with Crippen LogP contribution < -0.4 is 5.32 Å². The minimum absolute atomic E-state index is 0.813. The molecule has 0 spiro atoms. The average Bonchev–Trinajstić information content (AvgIpc) is 2.62. The van der Waals surface area contributed by atoms with Gasteiger partial charge in [0.25, 0.3) is 0 Å².